The van der Waals surface area contributed by atoms with Gasteiger partial charge >= 0.3 is 0 Å². The average molecular weight is 180 g/mol. The van der Waals surface area contributed by atoms with Crippen LogP contribution >= 0.6 is 0 Å². The van der Waals surface area contributed by atoms with Crippen LogP contribution in [-0.2, 0) is 4.79 Å². The van der Waals surface area contributed by atoms with Crippen molar-refractivity contribution in [3.63, 3.8) is 0 Å². The first kappa shape index (κ1) is 10.5. The zero-order valence-corrected chi connectivity index (χ0v) is 9.02. The van der Waals surface area contributed by atoms with Gasteiger partial charge < -0.3 is 0 Å². The Bertz CT molecular complexity index is 223. The van der Waals surface area contributed by atoms with Gasteiger partial charge in [0.2, 0.25) is 0 Å². The minimum atomic E-state index is 0.309. The topological polar surface area (TPSA) is 17.1 Å². The van der Waals surface area contributed by atoms with Crippen molar-refractivity contribution in [2.75, 3.05) is 0 Å². The highest BCUT2D eigenvalue weighted by Crippen LogP contribution is 2.39. The Morgan fingerprint density at radius 1 is 1.54 bits per heavy atom. The number of Topliss-reactive ketones (excluding diaryl/α,β-unsaturated/α-hetero) is 1. The second-order valence-corrected chi connectivity index (χ2v) is 4.85. The third kappa shape index (κ3) is 3.33. The summed E-state index contributed by atoms with van der Waals surface area (Å²) in [5.74, 6) is 0.458. The fraction of sp³-hybridized carbons (Fsp3) is 0.750. The molecule has 0 bridgehead atoms. The molecule has 0 aliphatic heterocycles. The normalized spacial score (nSPS) is 27.8. The monoisotopic (exact) mass is 180 g/mol. The molecule has 13 heavy (non-hydrogen) atoms. The van der Waals surface area contributed by atoms with E-state index in [2.05, 4.69) is 26.8 Å². The van der Waals surface area contributed by atoms with Crippen LogP contribution in [-0.4, -0.2) is 5.78 Å². The van der Waals surface area contributed by atoms with Crippen LogP contribution in [0.4, 0.5) is 0 Å². The molecule has 74 valence electrons. The van der Waals surface area contributed by atoms with Crippen LogP contribution < -0.4 is 0 Å². The number of ketones is 1. The van der Waals surface area contributed by atoms with Crippen molar-refractivity contribution in [1.29, 1.82) is 0 Å². The second kappa shape index (κ2) is 4.08. The van der Waals surface area contributed by atoms with Gasteiger partial charge in [-0.2, -0.15) is 0 Å². The highest BCUT2D eigenvalue weighted by atomic mass is 16.1. The van der Waals surface area contributed by atoms with Crippen LogP contribution in [0.15, 0.2) is 11.6 Å². The van der Waals surface area contributed by atoms with E-state index in [4.69, 9.17) is 0 Å². The molecule has 1 aliphatic rings. The van der Waals surface area contributed by atoms with E-state index in [0.717, 1.165) is 25.7 Å². The number of carbonyl (C=O) groups excluding carboxylic acids is 1. The van der Waals surface area contributed by atoms with Crippen LogP contribution in [0, 0.1) is 5.41 Å². The van der Waals surface area contributed by atoms with Gasteiger partial charge in [0.25, 0.3) is 0 Å². The molecule has 0 amide bonds. The summed E-state index contributed by atoms with van der Waals surface area (Å²) in [5.41, 5.74) is 1.69. The summed E-state index contributed by atoms with van der Waals surface area (Å²) in [5, 5.41) is 0. The molecule has 0 N–H and O–H groups in total. The van der Waals surface area contributed by atoms with E-state index in [1.807, 2.05) is 0 Å². The number of hydrogen-bond acceptors (Lipinski definition) is 1. The third-order valence-corrected chi connectivity index (χ3v) is 2.93. The minimum absolute atomic E-state index is 0.309. The standard InChI is InChI=1S/C12H20O/c1-10(2)5-4-7-12(3)8-6-11(13)9-12/h5H,4,6-9H2,1-3H3. The minimum Gasteiger partial charge on any atom is -0.300 e. The van der Waals surface area contributed by atoms with Crippen molar-refractivity contribution < 1.29 is 4.79 Å². The lowest BCUT2D eigenvalue weighted by atomic mass is 9.84. The fourth-order valence-electron chi connectivity index (χ4n) is 2.02. The Hall–Kier alpha value is -0.590. The molecule has 0 aromatic carbocycles. The predicted molar refractivity (Wildman–Crippen MR) is 55.6 cm³/mol. The second-order valence-electron chi connectivity index (χ2n) is 4.85. The molecule has 0 aromatic heterocycles. The quantitative estimate of drug-likeness (QED) is 0.607. The van der Waals surface area contributed by atoms with E-state index >= 15 is 0 Å². The van der Waals surface area contributed by atoms with Crippen LogP contribution in [0.1, 0.15) is 52.9 Å². The molecule has 0 saturated heterocycles. The van der Waals surface area contributed by atoms with Gasteiger partial charge in [-0.3, -0.25) is 4.79 Å². The lowest BCUT2D eigenvalue weighted by molar-refractivity contribution is -0.117. The van der Waals surface area contributed by atoms with Gasteiger partial charge in [-0.1, -0.05) is 18.6 Å². The molecule has 1 saturated carbocycles. The van der Waals surface area contributed by atoms with Crippen LogP contribution in [0.3, 0.4) is 0 Å². The molecule has 1 atom stereocenters. The summed E-state index contributed by atoms with van der Waals surface area (Å²) < 4.78 is 0. The fourth-order valence-corrected chi connectivity index (χ4v) is 2.02. The number of allylic oxidation sites excluding steroid dienone is 2. The van der Waals surface area contributed by atoms with Crippen molar-refractivity contribution in [3.05, 3.63) is 11.6 Å². The maximum Gasteiger partial charge on any atom is 0.133 e. The zero-order chi connectivity index (χ0) is 9.90. The average Bonchev–Trinajstić information content (AvgIpc) is 2.30. The summed E-state index contributed by atoms with van der Waals surface area (Å²) >= 11 is 0. The number of rotatable bonds is 3. The van der Waals surface area contributed by atoms with Crippen molar-refractivity contribution in [1.82, 2.24) is 0 Å². The van der Waals surface area contributed by atoms with E-state index in [1.165, 1.54) is 12.0 Å². The van der Waals surface area contributed by atoms with Crippen LogP contribution in [0.25, 0.3) is 0 Å². The Morgan fingerprint density at radius 2 is 2.23 bits per heavy atom. The summed E-state index contributed by atoms with van der Waals surface area (Å²) in [6.07, 6.45) is 7.29. The van der Waals surface area contributed by atoms with Crippen molar-refractivity contribution in [2.45, 2.75) is 52.9 Å². The molecule has 0 radical (unpaired) electrons. The largest absolute Gasteiger partial charge is 0.300 e. The first-order valence-electron chi connectivity index (χ1n) is 5.17. The highest BCUT2D eigenvalue weighted by molar-refractivity contribution is 5.81. The molecule has 0 heterocycles. The van der Waals surface area contributed by atoms with Gasteiger partial charge in [-0.15, -0.1) is 0 Å². The molecular formula is C12H20O. The Morgan fingerprint density at radius 3 is 2.69 bits per heavy atom. The van der Waals surface area contributed by atoms with E-state index in [-0.39, 0.29) is 0 Å². The molecule has 0 aromatic rings. The maximum atomic E-state index is 11.1. The van der Waals surface area contributed by atoms with Crippen molar-refractivity contribution in [2.24, 2.45) is 5.41 Å². The highest BCUT2D eigenvalue weighted by Gasteiger charge is 2.32. The van der Waals surface area contributed by atoms with Crippen LogP contribution in [0.2, 0.25) is 0 Å². The summed E-state index contributed by atoms with van der Waals surface area (Å²) in [6, 6.07) is 0. The smallest absolute Gasteiger partial charge is 0.133 e. The zero-order valence-electron chi connectivity index (χ0n) is 9.02. The molecule has 1 aliphatic carbocycles. The third-order valence-electron chi connectivity index (χ3n) is 2.93. The van der Waals surface area contributed by atoms with E-state index in [0.29, 0.717) is 11.2 Å². The van der Waals surface area contributed by atoms with Gasteiger partial charge in [-0.25, -0.2) is 0 Å². The van der Waals surface area contributed by atoms with Gasteiger partial charge in [0.1, 0.15) is 5.78 Å². The predicted octanol–water partition coefficient (Wildman–Crippen LogP) is 3.49. The first-order valence-corrected chi connectivity index (χ1v) is 5.17. The lowest BCUT2D eigenvalue weighted by Gasteiger charge is -2.21. The molecule has 0 spiro atoms. The SMILES string of the molecule is CC(C)=CCCC1(C)CCC(=O)C1. The Labute approximate surface area is 81.2 Å². The van der Waals surface area contributed by atoms with Gasteiger partial charge in [0.15, 0.2) is 0 Å². The Balaban J connectivity index is 2.36. The lowest BCUT2D eigenvalue weighted by Crippen LogP contribution is -2.11. The molecular weight excluding hydrogens is 160 g/mol. The Kier molecular flexibility index (Phi) is 3.29. The van der Waals surface area contributed by atoms with E-state index < -0.39 is 0 Å². The number of carbonyl (C=O) groups is 1. The molecule has 1 unspecified atom stereocenters. The molecule has 1 nitrogen and oxygen atoms in total. The van der Waals surface area contributed by atoms with Crippen molar-refractivity contribution in [3.8, 4) is 0 Å². The van der Waals surface area contributed by atoms with E-state index in [9.17, 15) is 4.79 Å². The maximum absolute atomic E-state index is 11.1. The number of hydrogen-bond donors (Lipinski definition) is 0. The molecule has 1 heteroatoms. The summed E-state index contributed by atoms with van der Waals surface area (Å²) in [7, 11) is 0. The van der Waals surface area contributed by atoms with E-state index in [1.54, 1.807) is 0 Å². The van der Waals surface area contributed by atoms with Crippen molar-refractivity contribution >= 4 is 5.78 Å². The van der Waals surface area contributed by atoms with Gasteiger partial charge in [-0.05, 0) is 38.5 Å². The summed E-state index contributed by atoms with van der Waals surface area (Å²) in [4.78, 5) is 11.1. The molecule has 1 rings (SSSR count). The van der Waals surface area contributed by atoms with Crippen LogP contribution in [0.5, 0.6) is 0 Å². The summed E-state index contributed by atoms with van der Waals surface area (Å²) in [6.45, 7) is 6.50. The first-order chi connectivity index (χ1) is 6.02. The van der Waals surface area contributed by atoms with Gasteiger partial charge in [0.05, 0.1) is 0 Å². The molecule has 1 fully saturated rings. The van der Waals surface area contributed by atoms with Gasteiger partial charge in [0, 0.05) is 12.8 Å².